The van der Waals surface area contributed by atoms with Crippen LogP contribution in [0.5, 0.6) is 0 Å². The van der Waals surface area contributed by atoms with Crippen molar-refractivity contribution in [3.05, 3.63) is 69.3 Å². The molecule has 0 unspecified atom stereocenters. The van der Waals surface area contributed by atoms with Gasteiger partial charge in [0, 0.05) is 18.7 Å². The van der Waals surface area contributed by atoms with Crippen LogP contribution < -0.4 is 4.72 Å². The second-order valence-electron chi connectivity index (χ2n) is 5.02. The topological polar surface area (TPSA) is 89.3 Å². The Morgan fingerprint density at radius 2 is 1.86 bits per heavy atom. The average Bonchev–Trinajstić information content (AvgIpc) is 2.45. The molecule has 116 valence electrons. The number of benzene rings is 2. The van der Waals surface area contributed by atoms with E-state index in [4.69, 9.17) is 0 Å². The molecule has 0 aromatic heterocycles. The Labute approximate surface area is 129 Å². The molecule has 6 nitrogen and oxygen atoms in total. The standard InChI is InChI=1S/C15H16N2O4S/c1-11-4-3-5-13(8-11)10-16-22(20,21)15-9-14(17(18)19)7-6-12(15)2/h3-9,16H,10H2,1-2H3. The van der Waals surface area contributed by atoms with Crippen LogP contribution in [-0.4, -0.2) is 13.3 Å². The zero-order chi connectivity index (χ0) is 16.3. The molecule has 2 aromatic carbocycles. The number of rotatable bonds is 5. The molecule has 0 heterocycles. The fourth-order valence-corrected chi connectivity index (χ4v) is 3.35. The Bertz CT molecular complexity index is 816. The maximum Gasteiger partial charge on any atom is 0.270 e. The lowest BCUT2D eigenvalue weighted by atomic mass is 10.1. The van der Waals surface area contributed by atoms with Crippen LogP contribution in [0.25, 0.3) is 0 Å². The molecule has 0 atom stereocenters. The van der Waals surface area contributed by atoms with Crippen molar-refractivity contribution in [3.63, 3.8) is 0 Å². The number of hydrogen-bond donors (Lipinski definition) is 1. The van der Waals surface area contributed by atoms with E-state index in [1.807, 2.05) is 31.2 Å². The summed E-state index contributed by atoms with van der Waals surface area (Å²) in [5.74, 6) is 0. The van der Waals surface area contributed by atoms with E-state index in [9.17, 15) is 18.5 Å². The molecule has 0 saturated heterocycles. The SMILES string of the molecule is Cc1cccc(CNS(=O)(=O)c2cc([N+](=O)[O-])ccc2C)c1. The highest BCUT2D eigenvalue weighted by atomic mass is 32.2. The normalized spacial score (nSPS) is 11.4. The van der Waals surface area contributed by atoms with Crippen LogP contribution in [0.3, 0.4) is 0 Å². The summed E-state index contributed by atoms with van der Waals surface area (Å²) in [6.45, 7) is 3.65. The van der Waals surface area contributed by atoms with Crippen LogP contribution in [0.1, 0.15) is 16.7 Å². The maximum atomic E-state index is 12.4. The van der Waals surface area contributed by atoms with E-state index in [2.05, 4.69) is 4.72 Å². The van der Waals surface area contributed by atoms with Crippen molar-refractivity contribution in [2.75, 3.05) is 0 Å². The first-order valence-electron chi connectivity index (χ1n) is 6.60. The van der Waals surface area contributed by atoms with Gasteiger partial charge in [-0.3, -0.25) is 10.1 Å². The number of aryl methyl sites for hydroxylation is 2. The lowest BCUT2D eigenvalue weighted by Gasteiger charge is -2.09. The van der Waals surface area contributed by atoms with Gasteiger partial charge in [-0.1, -0.05) is 35.9 Å². The highest BCUT2D eigenvalue weighted by Gasteiger charge is 2.20. The Morgan fingerprint density at radius 1 is 1.14 bits per heavy atom. The van der Waals surface area contributed by atoms with Gasteiger partial charge in [-0.05, 0) is 25.0 Å². The number of nitrogens with one attached hydrogen (secondary N) is 1. The van der Waals surface area contributed by atoms with Gasteiger partial charge in [-0.25, -0.2) is 13.1 Å². The second-order valence-corrected chi connectivity index (χ2v) is 6.76. The van der Waals surface area contributed by atoms with E-state index in [-0.39, 0.29) is 17.1 Å². The maximum absolute atomic E-state index is 12.4. The summed E-state index contributed by atoms with van der Waals surface area (Å²) in [4.78, 5) is 10.1. The van der Waals surface area contributed by atoms with Crippen molar-refractivity contribution in [2.45, 2.75) is 25.3 Å². The third-order valence-electron chi connectivity index (χ3n) is 3.22. The largest absolute Gasteiger partial charge is 0.270 e. The van der Waals surface area contributed by atoms with E-state index in [0.29, 0.717) is 5.56 Å². The monoisotopic (exact) mass is 320 g/mol. The molecule has 0 aliphatic carbocycles. The molecule has 0 spiro atoms. The molecular weight excluding hydrogens is 304 g/mol. The Kier molecular flexibility index (Phi) is 4.58. The summed E-state index contributed by atoms with van der Waals surface area (Å²) in [6, 6.07) is 11.3. The van der Waals surface area contributed by atoms with E-state index < -0.39 is 14.9 Å². The number of nitro groups is 1. The molecule has 0 aliphatic rings. The quantitative estimate of drug-likeness (QED) is 0.677. The molecule has 22 heavy (non-hydrogen) atoms. The molecule has 0 bridgehead atoms. The highest BCUT2D eigenvalue weighted by Crippen LogP contribution is 2.21. The van der Waals surface area contributed by atoms with Crippen LogP contribution in [0.2, 0.25) is 0 Å². The fraction of sp³-hybridized carbons (Fsp3) is 0.200. The van der Waals surface area contributed by atoms with Crippen molar-refractivity contribution in [1.29, 1.82) is 0 Å². The van der Waals surface area contributed by atoms with E-state index >= 15 is 0 Å². The van der Waals surface area contributed by atoms with Gasteiger partial charge in [0.25, 0.3) is 5.69 Å². The van der Waals surface area contributed by atoms with Gasteiger partial charge in [0.1, 0.15) is 0 Å². The molecular formula is C15H16N2O4S. The van der Waals surface area contributed by atoms with Crippen LogP contribution >= 0.6 is 0 Å². The third-order valence-corrected chi connectivity index (χ3v) is 4.76. The highest BCUT2D eigenvalue weighted by molar-refractivity contribution is 7.89. The molecule has 0 radical (unpaired) electrons. The van der Waals surface area contributed by atoms with Crippen LogP contribution in [0.15, 0.2) is 47.4 Å². The molecule has 0 fully saturated rings. The number of nitrogens with zero attached hydrogens (tertiary/aromatic N) is 1. The first-order chi connectivity index (χ1) is 10.3. The van der Waals surface area contributed by atoms with Crippen molar-refractivity contribution < 1.29 is 13.3 Å². The van der Waals surface area contributed by atoms with Gasteiger partial charge in [0.2, 0.25) is 10.0 Å². The fourth-order valence-electron chi connectivity index (χ4n) is 2.07. The van der Waals surface area contributed by atoms with Gasteiger partial charge < -0.3 is 0 Å². The zero-order valence-electron chi connectivity index (χ0n) is 12.2. The van der Waals surface area contributed by atoms with Crippen molar-refractivity contribution in [2.24, 2.45) is 0 Å². The molecule has 0 amide bonds. The predicted molar refractivity (Wildman–Crippen MR) is 83.0 cm³/mol. The summed E-state index contributed by atoms with van der Waals surface area (Å²) in [5.41, 5.74) is 2.07. The number of nitro benzene ring substituents is 1. The first kappa shape index (κ1) is 16.1. The number of hydrogen-bond acceptors (Lipinski definition) is 4. The summed E-state index contributed by atoms with van der Waals surface area (Å²) >= 11 is 0. The molecule has 0 saturated carbocycles. The van der Waals surface area contributed by atoms with Gasteiger partial charge in [0.05, 0.1) is 9.82 Å². The third kappa shape index (κ3) is 3.69. The van der Waals surface area contributed by atoms with Crippen LogP contribution in [0.4, 0.5) is 5.69 Å². The summed E-state index contributed by atoms with van der Waals surface area (Å²) in [7, 11) is -3.81. The molecule has 0 aliphatic heterocycles. The molecule has 2 aromatic rings. The number of sulfonamides is 1. The van der Waals surface area contributed by atoms with Crippen LogP contribution in [-0.2, 0) is 16.6 Å². The van der Waals surface area contributed by atoms with Crippen LogP contribution in [0, 0.1) is 24.0 Å². The Hall–Kier alpha value is -2.25. The summed E-state index contributed by atoms with van der Waals surface area (Å²) in [6.07, 6.45) is 0. The van der Waals surface area contributed by atoms with E-state index in [1.54, 1.807) is 6.92 Å². The smallest absolute Gasteiger partial charge is 0.258 e. The Balaban J connectivity index is 2.27. The zero-order valence-corrected chi connectivity index (χ0v) is 13.1. The lowest BCUT2D eigenvalue weighted by molar-refractivity contribution is -0.385. The van der Waals surface area contributed by atoms with Gasteiger partial charge in [-0.2, -0.15) is 0 Å². The minimum Gasteiger partial charge on any atom is -0.258 e. The summed E-state index contributed by atoms with van der Waals surface area (Å²) < 4.78 is 27.2. The molecule has 7 heteroatoms. The van der Waals surface area contributed by atoms with Gasteiger partial charge in [0.15, 0.2) is 0 Å². The summed E-state index contributed by atoms with van der Waals surface area (Å²) in [5, 5.41) is 10.8. The molecule has 1 N–H and O–H groups in total. The molecule has 2 rings (SSSR count). The van der Waals surface area contributed by atoms with Crippen molar-refractivity contribution in [1.82, 2.24) is 4.72 Å². The first-order valence-corrected chi connectivity index (χ1v) is 8.08. The average molecular weight is 320 g/mol. The van der Waals surface area contributed by atoms with Gasteiger partial charge in [-0.15, -0.1) is 0 Å². The minimum absolute atomic E-state index is 0.0747. The second kappa shape index (κ2) is 6.25. The Morgan fingerprint density at radius 3 is 2.50 bits per heavy atom. The number of non-ortho nitro benzene ring substituents is 1. The lowest BCUT2D eigenvalue weighted by Crippen LogP contribution is -2.24. The van der Waals surface area contributed by atoms with E-state index in [1.165, 1.54) is 12.1 Å². The minimum atomic E-state index is -3.81. The van der Waals surface area contributed by atoms with E-state index in [0.717, 1.165) is 17.2 Å². The predicted octanol–water partition coefficient (Wildman–Crippen LogP) is 2.69. The van der Waals surface area contributed by atoms with Crippen molar-refractivity contribution in [3.8, 4) is 0 Å². The van der Waals surface area contributed by atoms with Gasteiger partial charge >= 0.3 is 0 Å². The van der Waals surface area contributed by atoms with Crippen molar-refractivity contribution >= 4 is 15.7 Å².